The molecule has 2 aromatic rings. The second kappa shape index (κ2) is 4.35. The molecular weight excluding hydrogens is 267 g/mol. The SMILES string of the molecule is CCc1ccc(Cl)c2c(N)nn(CC(F)(F)F)c12. The third-order valence-corrected chi connectivity index (χ3v) is 2.98. The minimum Gasteiger partial charge on any atom is -0.382 e. The molecule has 0 aliphatic heterocycles. The minimum absolute atomic E-state index is 0.0227. The smallest absolute Gasteiger partial charge is 0.382 e. The molecule has 1 heterocycles. The summed E-state index contributed by atoms with van der Waals surface area (Å²) in [6.45, 7) is 0.678. The van der Waals surface area contributed by atoms with E-state index in [0.717, 1.165) is 10.2 Å². The average Bonchev–Trinajstić information content (AvgIpc) is 2.55. The first-order valence-corrected chi connectivity index (χ1v) is 5.71. The van der Waals surface area contributed by atoms with E-state index in [0.29, 0.717) is 22.3 Å². The topological polar surface area (TPSA) is 43.8 Å². The van der Waals surface area contributed by atoms with Gasteiger partial charge in [0.05, 0.1) is 15.9 Å². The maximum Gasteiger partial charge on any atom is 0.408 e. The first kappa shape index (κ1) is 13.0. The molecule has 0 radical (unpaired) electrons. The number of nitrogens with two attached hydrogens (primary N) is 1. The van der Waals surface area contributed by atoms with Crippen LogP contribution in [0.4, 0.5) is 19.0 Å². The van der Waals surface area contributed by atoms with Gasteiger partial charge in [0.1, 0.15) is 6.54 Å². The van der Waals surface area contributed by atoms with Crippen molar-refractivity contribution < 1.29 is 13.2 Å². The van der Waals surface area contributed by atoms with E-state index in [9.17, 15) is 13.2 Å². The Kier molecular flexibility index (Phi) is 3.14. The van der Waals surface area contributed by atoms with Gasteiger partial charge in [0.15, 0.2) is 5.82 Å². The Bertz CT molecular complexity index is 589. The zero-order valence-electron chi connectivity index (χ0n) is 9.55. The largest absolute Gasteiger partial charge is 0.408 e. The van der Waals surface area contributed by atoms with Crippen LogP contribution in [-0.4, -0.2) is 16.0 Å². The monoisotopic (exact) mass is 277 g/mol. The van der Waals surface area contributed by atoms with Crippen LogP contribution < -0.4 is 5.73 Å². The van der Waals surface area contributed by atoms with Crippen LogP contribution in [0.3, 0.4) is 0 Å². The molecular formula is C11H11ClF3N3. The van der Waals surface area contributed by atoms with Gasteiger partial charge in [0.2, 0.25) is 0 Å². The van der Waals surface area contributed by atoms with Crippen molar-refractivity contribution >= 4 is 28.3 Å². The van der Waals surface area contributed by atoms with E-state index in [1.54, 1.807) is 12.1 Å². The lowest BCUT2D eigenvalue weighted by Gasteiger charge is -2.09. The summed E-state index contributed by atoms with van der Waals surface area (Å²) in [7, 11) is 0. The Morgan fingerprint density at radius 1 is 1.39 bits per heavy atom. The Labute approximate surface area is 106 Å². The van der Waals surface area contributed by atoms with Gasteiger partial charge in [0.25, 0.3) is 0 Å². The molecule has 1 aromatic heterocycles. The van der Waals surface area contributed by atoms with E-state index < -0.39 is 12.7 Å². The van der Waals surface area contributed by atoms with Crippen LogP contribution in [0.5, 0.6) is 0 Å². The highest BCUT2D eigenvalue weighted by molar-refractivity contribution is 6.36. The minimum atomic E-state index is -4.35. The van der Waals surface area contributed by atoms with Gasteiger partial charge in [-0.15, -0.1) is 0 Å². The van der Waals surface area contributed by atoms with Gasteiger partial charge in [-0.25, -0.2) is 0 Å². The number of fused-ring (bicyclic) bond motifs is 1. The second-order valence-electron chi connectivity index (χ2n) is 3.94. The number of aromatic nitrogens is 2. The molecule has 0 aliphatic carbocycles. The van der Waals surface area contributed by atoms with Gasteiger partial charge in [-0.3, -0.25) is 4.68 Å². The molecule has 3 nitrogen and oxygen atoms in total. The van der Waals surface area contributed by atoms with Crippen molar-refractivity contribution in [2.45, 2.75) is 26.1 Å². The summed E-state index contributed by atoms with van der Waals surface area (Å²) < 4.78 is 38.3. The first-order chi connectivity index (χ1) is 8.33. The van der Waals surface area contributed by atoms with Crippen LogP contribution in [0.1, 0.15) is 12.5 Å². The number of halogens is 4. The second-order valence-corrected chi connectivity index (χ2v) is 4.35. The van der Waals surface area contributed by atoms with Crippen molar-refractivity contribution in [3.8, 4) is 0 Å². The van der Waals surface area contributed by atoms with Crippen LogP contribution in [0.2, 0.25) is 5.02 Å². The lowest BCUT2D eigenvalue weighted by molar-refractivity contribution is -0.141. The first-order valence-electron chi connectivity index (χ1n) is 5.33. The molecule has 1 aromatic carbocycles. The average molecular weight is 278 g/mol. The van der Waals surface area contributed by atoms with Crippen molar-refractivity contribution in [1.29, 1.82) is 0 Å². The highest BCUT2D eigenvalue weighted by Gasteiger charge is 2.30. The number of hydrogen-bond donors (Lipinski definition) is 1. The Morgan fingerprint density at radius 3 is 2.61 bits per heavy atom. The van der Waals surface area contributed by atoms with E-state index in [4.69, 9.17) is 17.3 Å². The van der Waals surface area contributed by atoms with E-state index in [-0.39, 0.29) is 5.82 Å². The van der Waals surface area contributed by atoms with Crippen LogP contribution in [0, 0.1) is 0 Å². The number of benzene rings is 1. The van der Waals surface area contributed by atoms with Gasteiger partial charge in [0, 0.05) is 0 Å². The molecule has 2 rings (SSSR count). The van der Waals surface area contributed by atoms with E-state index in [1.807, 2.05) is 6.92 Å². The number of aryl methyl sites for hydroxylation is 1. The molecule has 7 heteroatoms. The zero-order valence-corrected chi connectivity index (χ0v) is 10.3. The summed E-state index contributed by atoms with van der Waals surface area (Å²) in [5, 5.41) is 4.44. The van der Waals surface area contributed by atoms with Crippen LogP contribution in [0.25, 0.3) is 10.9 Å². The van der Waals surface area contributed by atoms with Gasteiger partial charge in [-0.2, -0.15) is 18.3 Å². The fourth-order valence-electron chi connectivity index (χ4n) is 1.95. The van der Waals surface area contributed by atoms with Gasteiger partial charge < -0.3 is 5.73 Å². The van der Waals surface area contributed by atoms with Crippen molar-refractivity contribution in [2.75, 3.05) is 5.73 Å². The van der Waals surface area contributed by atoms with Crippen molar-refractivity contribution in [2.24, 2.45) is 0 Å². The number of nitrogens with zero attached hydrogens (tertiary/aromatic N) is 2. The molecule has 0 bridgehead atoms. The fraction of sp³-hybridized carbons (Fsp3) is 0.364. The predicted molar refractivity (Wildman–Crippen MR) is 64.6 cm³/mol. The molecule has 0 aliphatic rings. The summed E-state index contributed by atoms with van der Waals surface area (Å²) in [5.41, 5.74) is 6.74. The molecule has 98 valence electrons. The third kappa shape index (κ3) is 2.25. The standard InChI is InChI=1S/C11H11ClF3N3/c1-2-6-3-4-7(12)8-9(6)18(17-10(8)16)5-11(13,14)15/h3-4H,2,5H2,1H3,(H2,16,17). The molecule has 0 amide bonds. The molecule has 0 saturated heterocycles. The normalized spacial score (nSPS) is 12.3. The van der Waals surface area contributed by atoms with Gasteiger partial charge in [-0.1, -0.05) is 24.6 Å². The summed E-state index contributed by atoms with van der Waals surface area (Å²) >= 11 is 5.96. The van der Waals surface area contributed by atoms with E-state index >= 15 is 0 Å². The van der Waals surface area contributed by atoms with Crippen molar-refractivity contribution in [1.82, 2.24) is 9.78 Å². The highest BCUT2D eigenvalue weighted by atomic mass is 35.5. The van der Waals surface area contributed by atoms with Crippen molar-refractivity contribution in [3.05, 3.63) is 22.7 Å². The number of rotatable bonds is 2. The number of anilines is 1. The van der Waals surface area contributed by atoms with Crippen LogP contribution in [-0.2, 0) is 13.0 Å². The fourth-order valence-corrected chi connectivity index (χ4v) is 2.20. The molecule has 0 unspecified atom stereocenters. The summed E-state index contributed by atoms with van der Waals surface area (Å²) in [6.07, 6.45) is -3.77. The summed E-state index contributed by atoms with van der Waals surface area (Å²) in [5.74, 6) is 0.0227. The molecule has 18 heavy (non-hydrogen) atoms. The van der Waals surface area contributed by atoms with Gasteiger partial charge >= 0.3 is 6.18 Å². The van der Waals surface area contributed by atoms with E-state index in [1.165, 1.54) is 0 Å². The number of nitrogen functional groups attached to an aromatic ring is 1. The summed E-state index contributed by atoms with van der Waals surface area (Å²) in [4.78, 5) is 0. The molecule has 0 saturated carbocycles. The lowest BCUT2D eigenvalue weighted by Crippen LogP contribution is -2.19. The molecule has 2 N–H and O–H groups in total. The number of hydrogen-bond acceptors (Lipinski definition) is 2. The Balaban J connectivity index is 2.71. The third-order valence-electron chi connectivity index (χ3n) is 2.66. The molecule has 0 fully saturated rings. The molecule has 0 spiro atoms. The van der Waals surface area contributed by atoms with Gasteiger partial charge in [-0.05, 0) is 18.1 Å². The maximum absolute atomic E-state index is 12.5. The van der Waals surface area contributed by atoms with Crippen LogP contribution in [0.15, 0.2) is 12.1 Å². The maximum atomic E-state index is 12.5. The highest BCUT2D eigenvalue weighted by Crippen LogP contribution is 2.33. The predicted octanol–water partition coefficient (Wildman–Crippen LogP) is 3.40. The zero-order chi connectivity index (χ0) is 13.5. The quantitative estimate of drug-likeness (QED) is 0.914. The number of alkyl halides is 3. The summed E-state index contributed by atoms with van der Waals surface area (Å²) in [6, 6.07) is 3.32. The van der Waals surface area contributed by atoms with Crippen LogP contribution >= 0.6 is 11.6 Å². The van der Waals surface area contributed by atoms with Crippen molar-refractivity contribution in [3.63, 3.8) is 0 Å². The Morgan fingerprint density at radius 2 is 2.06 bits per heavy atom. The van der Waals surface area contributed by atoms with E-state index in [2.05, 4.69) is 5.10 Å². The lowest BCUT2D eigenvalue weighted by atomic mass is 10.1. The molecule has 0 atom stereocenters. The Hall–Kier alpha value is -1.43.